The summed E-state index contributed by atoms with van der Waals surface area (Å²) in [6.07, 6.45) is 1.76. The lowest BCUT2D eigenvalue weighted by molar-refractivity contribution is -0.150. The van der Waals surface area contributed by atoms with Crippen LogP contribution in [0.25, 0.3) is 0 Å². The largest absolute Gasteiger partial charge is 0.494 e. The lowest BCUT2D eigenvalue weighted by atomic mass is 9.78. The molecule has 1 amide bonds. The van der Waals surface area contributed by atoms with Gasteiger partial charge in [-0.05, 0) is 19.2 Å². The predicted octanol–water partition coefficient (Wildman–Crippen LogP) is 2.19. The van der Waals surface area contributed by atoms with Crippen molar-refractivity contribution in [2.75, 3.05) is 20.0 Å². The molecule has 1 aromatic carbocycles. The molecule has 0 fully saturated rings. The van der Waals surface area contributed by atoms with Crippen molar-refractivity contribution in [1.29, 1.82) is 5.26 Å². The molecule has 2 atom stereocenters. The maximum absolute atomic E-state index is 12.5. The van der Waals surface area contributed by atoms with Crippen LogP contribution >= 0.6 is 11.8 Å². The van der Waals surface area contributed by atoms with Gasteiger partial charge in [0.15, 0.2) is 0 Å². The van der Waals surface area contributed by atoms with E-state index >= 15 is 0 Å². The van der Waals surface area contributed by atoms with Crippen LogP contribution in [-0.4, -0.2) is 31.8 Å². The molecule has 0 radical (unpaired) electrons. The van der Waals surface area contributed by atoms with Gasteiger partial charge in [-0.1, -0.05) is 18.2 Å². The van der Waals surface area contributed by atoms with Gasteiger partial charge in [0, 0.05) is 11.5 Å². The van der Waals surface area contributed by atoms with Crippen LogP contribution in [0.3, 0.4) is 0 Å². The van der Waals surface area contributed by atoms with Crippen molar-refractivity contribution >= 4 is 23.6 Å². The van der Waals surface area contributed by atoms with Gasteiger partial charge in [-0.2, -0.15) is 5.26 Å². The average Bonchev–Trinajstić information content (AvgIpc) is 2.60. The fraction of sp³-hybridized carbons (Fsp3) is 0.353. The third-order valence-corrected chi connectivity index (χ3v) is 4.47. The number of hydrogen-bond donors (Lipinski definition) is 1. The number of nitrogens with one attached hydrogen (secondary N) is 1. The summed E-state index contributed by atoms with van der Waals surface area (Å²) in [5.41, 5.74) is 0.942. The van der Waals surface area contributed by atoms with Crippen LogP contribution in [0, 0.1) is 17.2 Å². The minimum atomic E-state index is -1.14. The fourth-order valence-electron chi connectivity index (χ4n) is 2.73. The Morgan fingerprint density at radius 1 is 1.42 bits per heavy atom. The molecule has 24 heavy (non-hydrogen) atoms. The van der Waals surface area contributed by atoms with Crippen LogP contribution in [0.5, 0.6) is 5.75 Å². The van der Waals surface area contributed by atoms with Crippen LogP contribution < -0.4 is 10.1 Å². The molecular formula is C17H18N2O4S. The highest BCUT2D eigenvalue weighted by atomic mass is 32.2. The number of para-hydroxylation sites is 1. The van der Waals surface area contributed by atoms with E-state index in [0.717, 1.165) is 0 Å². The number of ether oxygens (including phenoxy) is 2. The Labute approximate surface area is 144 Å². The van der Waals surface area contributed by atoms with Crippen molar-refractivity contribution in [1.82, 2.24) is 5.32 Å². The van der Waals surface area contributed by atoms with Crippen molar-refractivity contribution in [3.8, 4) is 11.8 Å². The number of hydrogen-bond acceptors (Lipinski definition) is 6. The van der Waals surface area contributed by atoms with E-state index in [-0.39, 0.29) is 0 Å². The Kier molecular flexibility index (Phi) is 5.88. The number of nitriles is 1. The average molecular weight is 346 g/mol. The highest BCUT2D eigenvalue weighted by Gasteiger charge is 2.45. The number of rotatable bonds is 5. The molecule has 0 saturated carbocycles. The molecule has 7 heteroatoms. The maximum atomic E-state index is 12.5. The smallest absolute Gasteiger partial charge is 0.319 e. The van der Waals surface area contributed by atoms with Gasteiger partial charge < -0.3 is 14.8 Å². The Morgan fingerprint density at radius 2 is 2.12 bits per heavy atom. The Balaban J connectivity index is 2.69. The quantitative estimate of drug-likeness (QED) is 0.649. The molecule has 0 aromatic heterocycles. The molecule has 6 nitrogen and oxygen atoms in total. The summed E-state index contributed by atoms with van der Waals surface area (Å²) < 4.78 is 10.4. The van der Waals surface area contributed by atoms with Gasteiger partial charge in [-0.15, -0.1) is 11.8 Å². The van der Waals surface area contributed by atoms with E-state index in [1.165, 1.54) is 18.9 Å². The molecule has 1 heterocycles. The molecule has 0 unspecified atom stereocenters. The molecule has 0 saturated heterocycles. The number of carbonyl (C=O) groups is 2. The first-order valence-corrected chi connectivity index (χ1v) is 8.60. The van der Waals surface area contributed by atoms with Gasteiger partial charge >= 0.3 is 5.97 Å². The first kappa shape index (κ1) is 17.9. The third kappa shape index (κ3) is 3.24. The zero-order chi connectivity index (χ0) is 17.7. The maximum Gasteiger partial charge on any atom is 0.319 e. The Bertz CT molecular complexity index is 724. The van der Waals surface area contributed by atoms with Gasteiger partial charge in [0.1, 0.15) is 11.7 Å². The number of nitrogens with zero attached hydrogens (tertiary/aromatic N) is 1. The molecule has 1 N–H and O–H groups in total. The van der Waals surface area contributed by atoms with Crippen molar-refractivity contribution in [2.45, 2.75) is 12.8 Å². The van der Waals surface area contributed by atoms with Gasteiger partial charge in [-0.3, -0.25) is 9.59 Å². The second-order valence-corrected chi connectivity index (χ2v) is 5.81. The van der Waals surface area contributed by atoms with Crippen molar-refractivity contribution in [3.63, 3.8) is 0 Å². The SMILES string of the molecule is CCOc1ccccc1[C@@H]1C(C#N)=C(SC)NC(=O)[C@H]1C(=O)OC. The number of allylic oxidation sites excluding steroid dienone is 1. The van der Waals surface area contributed by atoms with E-state index in [4.69, 9.17) is 9.47 Å². The summed E-state index contributed by atoms with van der Waals surface area (Å²) in [4.78, 5) is 24.7. The van der Waals surface area contributed by atoms with Crippen molar-refractivity contribution in [2.24, 2.45) is 5.92 Å². The van der Waals surface area contributed by atoms with Crippen LogP contribution in [0.2, 0.25) is 0 Å². The highest BCUT2D eigenvalue weighted by Crippen LogP contribution is 2.42. The first-order valence-electron chi connectivity index (χ1n) is 7.37. The second-order valence-electron chi connectivity index (χ2n) is 5.00. The molecule has 1 aliphatic rings. The van der Waals surface area contributed by atoms with Gasteiger partial charge in [0.25, 0.3) is 0 Å². The van der Waals surface area contributed by atoms with Gasteiger partial charge in [0.2, 0.25) is 5.91 Å². The van der Waals surface area contributed by atoms with Crippen LogP contribution in [-0.2, 0) is 14.3 Å². The molecular weight excluding hydrogens is 328 g/mol. The third-order valence-electron chi connectivity index (χ3n) is 3.74. The van der Waals surface area contributed by atoms with E-state index in [0.29, 0.717) is 28.5 Å². The molecule has 1 aromatic rings. The Hall–Kier alpha value is -2.46. The summed E-state index contributed by atoms with van der Waals surface area (Å²) in [6, 6.07) is 9.24. The van der Waals surface area contributed by atoms with Gasteiger partial charge in [-0.25, -0.2) is 0 Å². The first-order chi connectivity index (χ1) is 11.6. The second kappa shape index (κ2) is 7.88. The monoisotopic (exact) mass is 346 g/mol. The molecule has 2 rings (SSSR count). The summed E-state index contributed by atoms with van der Waals surface area (Å²) in [6.45, 7) is 2.27. The summed E-state index contributed by atoms with van der Waals surface area (Å²) in [7, 11) is 1.22. The highest BCUT2D eigenvalue weighted by molar-refractivity contribution is 8.02. The predicted molar refractivity (Wildman–Crippen MR) is 90.2 cm³/mol. The van der Waals surface area contributed by atoms with E-state index < -0.39 is 23.7 Å². The zero-order valence-electron chi connectivity index (χ0n) is 13.7. The summed E-state index contributed by atoms with van der Waals surface area (Å²) >= 11 is 1.25. The van der Waals surface area contributed by atoms with E-state index in [1.54, 1.807) is 30.5 Å². The number of benzene rings is 1. The lowest BCUT2D eigenvalue weighted by Gasteiger charge is -2.31. The van der Waals surface area contributed by atoms with E-state index in [1.807, 2.05) is 6.92 Å². The van der Waals surface area contributed by atoms with Crippen LogP contribution in [0.1, 0.15) is 18.4 Å². The standard InChI is InChI=1S/C17H18N2O4S/c1-4-23-12-8-6-5-7-10(12)13-11(9-18)16(24-3)19-15(20)14(13)17(21)22-2/h5-8,13-14H,4H2,1-3H3,(H,19,20)/t13-,14+/m1/s1. The number of esters is 1. The normalized spacial score (nSPS) is 20.2. The molecule has 0 bridgehead atoms. The van der Waals surface area contributed by atoms with Crippen molar-refractivity contribution in [3.05, 3.63) is 40.4 Å². The number of amides is 1. The summed E-state index contributed by atoms with van der Waals surface area (Å²) in [5, 5.41) is 12.7. The molecule has 1 aliphatic heterocycles. The van der Waals surface area contributed by atoms with E-state index in [9.17, 15) is 14.9 Å². The van der Waals surface area contributed by atoms with Crippen LogP contribution in [0.15, 0.2) is 34.9 Å². The van der Waals surface area contributed by atoms with E-state index in [2.05, 4.69) is 11.4 Å². The molecule has 126 valence electrons. The number of carbonyl (C=O) groups excluding carboxylic acids is 2. The fourth-order valence-corrected chi connectivity index (χ4v) is 3.32. The van der Waals surface area contributed by atoms with Crippen molar-refractivity contribution < 1.29 is 19.1 Å². The summed E-state index contributed by atoms with van der Waals surface area (Å²) in [5.74, 6) is -2.51. The topological polar surface area (TPSA) is 88.4 Å². The molecule has 0 spiro atoms. The number of thioether (sulfide) groups is 1. The zero-order valence-corrected chi connectivity index (χ0v) is 14.5. The lowest BCUT2D eigenvalue weighted by Crippen LogP contribution is -2.44. The number of methoxy groups -OCH3 is 1. The van der Waals surface area contributed by atoms with Crippen LogP contribution in [0.4, 0.5) is 0 Å². The molecule has 0 aliphatic carbocycles. The minimum Gasteiger partial charge on any atom is -0.494 e. The Morgan fingerprint density at radius 3 is 2.71 bits per heavy atom. The van der Waals surface area contributed by atoms with Gasteiger partial charge in [0.05, 0.1) is 30.4 Å². The minimum absolute atomic E-state index is 0.324.